The van der Waals surface area contributed by atoms with Crippen LogP contribution in [0, 0.1) is 6.92 Å². The van der Waals surface area contributed by atoms with Crippen molar-refractivity contribution in [3.05, 3.63) is 83.3 Å². The number of imidazole rings is 1. The fourth-order valence-electron chi connectivity index (χ4n) is 2.86. The van der Waals surface area contributed by atoms with E-state index in [4.69, 9.17) is 0 Å². The zero-order valence-electron chi connectivity index (χ0n) is 14.7. The molecule has 0 aliphatic carbocycles. The van der Waals surface area contributed by atoms with Crippen LogP contribution in [0.3, 0.4) is 0 Å². The highest BCUT2D eigenvalue weighted by atomic mass is 16.2. The molecule has 0 spiro atoms. The minimum Gasteiger partial charge on any atom is -0.324 e. The van der Waals surface area contributed by atoms with Gasteiger partial charge >= 0.3 is 0 Å². The molecule has 134 valence electrons. The van der Waals surface area contributed by atoms with E-state index in [9.17, 15) is 9.59 Å². The van der Waals surface area contributed by atoms with Gasteiger partial charge in [0.1, 0.15) is 12.2 Å². The van der Waals surface area contributed by atoms with E-state index in [0.29, 0.717) is 11.4 Å². The topological polar surface area (TPSA) is 81.3 Å². The van der Waals surface area contributed by atoms with Crippen LogP contribution in [-0.4, -0.2) is 24.8 Å². The van der Waals surface area contributed by atoms with E-state index < -0.39 is 0 Å². The first-order valence-electron chi connectivity index (χ1n) is 8.46. The van der Waals surface area contributed by atoms with Gasteiger partial charge in [0.2, 0.25) is 5.91 Å². The molecule has 3 aromatic heterocycles. The van der Waals surface area contributed by atoms with Gasteiger partial charge in [-0.25, -0.2) is 9.97 Å². The Labute approximate surface area is 155 Å². The summed E-state index contributed by atoms with van der Waals surface area (Å²) >= 11 is 0. The van der Waals surface area contributed by atoms with Crippen LogP contribution in [0.4, 0.5) is 5.69 Å². The number of hydrogen-bond donors (Lipinski definition) is 1. The molecule has 27 heavy (non-hydrogen) atoms. The van der Waals surface area contributed by atoms with Crippen molar-refractivity contribution in [1.29, 1.82) is 0 Å². The van der Waals surface area contributed by atoms with Crippen LogP contribution in [0.2, 0.25) is 0 Å². The number of fused-ring (bicyclic) bond motifs is 1. The predicted molar refractivity (Wildman–Crippen MR) is 102 cm³/mol. The van der Waals surface area contributed by atoms with E-state index >= 15 is 0 Å². The van der Waals surface area contributed by atoms with Crippen LogP contribution < -0.4 is 10.9 Å². The lowest BCUT2D eigenvalue weighted by Crippen LogP contribution is -2.27. The van der Waals surface area contributed by atoms with Gasteiger partial charge in [0.05, 0.1) is 17.7 Å². The Morgan fingerprint density at radius 2 is 1.96 bits per heavy atom. The van der Waals surface area contributed by atoms with Crippen LogP contribution in [-0.2, 0) is 11.3 Å². The van der Waals surface area contributed by atoms with Gasteiger partial charge in [-0.3, -0.25) is 14.2 Å². The Balaban J connectivity index is 1.61. The second kappa shape index (κ2) is 6.87. The molecule has 7 heteroatoms. The number of aryl methyl sites for hydroxylation is 1. The third-order valence-corrected chi connectivity index (χ3v) is 4.17. The number of hydrogen-bond acceptors (Lipinski definition) is 4. The van der Waals surface area contributed by atoms with Gasteiger partial charge in [-0.1, -0.05) is 24.3 Å². The summed E-state index contributed by atoms with van der Waals surface area (Å²) in [5.74, 6) is -0.307. The number of nitrogens with zero attached hydrogens (tertiary/aromatic N) is 4. The first kappa shape index (κ1) is 16.7. The molecule has 0 radical (unpaired) electrons. The van der Waals surface area contributed by atoms with Crippen molar-refractivity contribution in [1.82, 2.24) is 18.9 Å². The van der Waals surface area contributed by atoms with Crippen LogP contribution >= 0.6 is 0 Å². The molecular formula is C20H17N5O2. The van der Waals surface area contributed by atoms with E-state index in [1.165, 1.54) is 17.0 Å². The zero-order chi connectivity index (χ0) is 18.8. The minimum atomic E-state index is -0.307. The Kier molecular flexibility index (Phi) is 4.25. The number of carbonyl (C=O) groups is 1. The monoisotopic (exact) mass is 359 g/mol. The number of amides is 1. The highest BCUT2D eigenvalue weighted by molar-refractivity contribution is 5.95. The van der Waals surface area contributed by atoms with Gasteiger partial charge in [-0.2, -0.15) is 0 Å². The maximum absolute atomic E-state index is 12.5. The Morgan fingerprint density at radius 1 is 1.15 bits per heavy atom. The molecule has 0 atom stereocenters. The summed E-state index contributed by atoms with van der Waals surface area (Å²) in [6.45, 7) is 1.63. The summed E-state index contributed by atoms with van der Waals surface area (Å²) in [6, 6.07) is 14.6. The van der Waals surface area contributed by atoms with E-state index in [2.05, 4.69) is 15.3 Å². The summed E-state index contributed by atoms with van der Waals surface area (Å²) in [5.41, 5.74) is 3.39. The van der Waals surface area contributed by atoms with Crippen LogP contribution in [0.25, 0.3) is 16.9 Å². The van der Waals surface area contributed by atoms with E-state index in [1.807, 2.05) is 59.3 Å². The molecule has 0 fully saturated rings. The second-order valence-corrected chi connectivity index (χ2v) is 6.18. The fraction of sp³-hybridized carbons (Fsp3) is 0.100. The van der Waals surface area contributed by atoms with E-state index in [-0.39, 0.29) is 18.0 Å². The summed E-state index contributed by atoms with van der Waals surface area (Å²) in [7, 11) is 0. The van der Waals surface area contributed by atoms with Crippen molar-refractivity contribution in [2.45, 2.75) is 13.5 Å². The summed E-state index contributed by atoms with van der Waals surface area (Å²) in [5, 5.41) is 2.87. The SMILES string of the molecule is Cc1cc(=O)n(CC(=O)Nc2ccccc2-c2cn3ccccc3n2)cn1. The summed E-state index contributed by atoms with van der Waals surface area (Å²) < 4.78 is 3.20. The first-order valence-corrected chi connectivity index (χ1v) is 8.46. The van der Waals surface area contributed by atoms with Crippen molar-refractivity contribution in [3.8, 4) is 11.3 Å². The molecule has 1 amide bonds. The lowest BCUT2D eigenvalue weighted by atomic mass is 10.1. The minimum absolute atomic E-state index is 0.106. The average molecular weight is 359 g/mol. The number of anilines is 1. The molecule has 7 nitrogen and oxygen atoms in total. The molecule has 0 unspecified atom stereocenters. The molecule has 0 aliphatic heterocycles. The number of benzene rings is 1. The third kappa shape index (κ3) is 3.48. The van der Waals surface area contributed by atoms with Gasteiger partial charge in [0.25, 0.3) is 5.56 Å². The first-order chi connectivity index (χ1) is 13.1. The van der Waals surface area contributed by atoms with E-state index in [1.54, 1.807) is 6.92 Å². The van der Waals surface area contributed by atoms with Crippen LogP contribution in [0.5, 0.6) is 0 Å². The van der Waals surface area contributed by atoms with Gasteiger partial charge in [-0.15, -0.1) is 0 Å². The maximum Gasteiger partial charge on any atom is 0.253 e. The summed E-state index contributed by atoms with van der Waals surface area (Å²) in [6.07, 6.45) is 5.21. The van der Waals surface area contributed by atoms with Crippen molar-refractivity contribution in [2.75, 3.05) is 5.32 Å². The zero-order valence-corrected chi connectivity index (χ0v) is 14.7. The number of carbonyl (C=O) groups excluding carboxylic acids is 1. The molecule has 0 saturated heterocycles. The number of para-hydroxylation sites is 1. The number of pyridine rings is 1. The van der Waals surface area contributed by atoms with Gasteiger partial charge in [0, 0.05) is 29.7 Å². The molecule has 4 aromatic rings. The Hall–Kier alpha value is -3.74. The van der Waals surface area contributed by atoms with Gasteiger partial charge in [0.15, 0.2) is 0 Å². The molecule has 0 bridgehead atoms. The molecule has 3 heterocycles. The van der Waals surface area contributed by atoms with Crippen molar-refractivity contribution >= 4 is 17.2 Å². The van der Waals surface area contributed by atoms with Crippen molar-refractivity contribution in [2.24, 2.45) is 0 Å². The van der Waals surface area contributed by atoms with Crippen LogP contribution in [0.15, 0.2) is 72.0 Å². The molecule has 4 rings (SSSR count). The number of rotatable bonds is 4. The standard InChI is InChI=1S/C20H17N5O2/c1-14-10-20(27)25(13-21-14)12-19(26)23-16-7-3-2-6-15(16)17-11-24-9-5-4-8-18(24)22-17/h2-11,13H,12H2,1H3,(H,23,26). The normalized spacial score (nSPS) is 10.9. The average Bonchev–Trinajstić information content (AvgIpc) is 3.08. The highest BCUT2D eigenvalue weighted by Gasteiger charge is 2.12. The van der Waals surface area contributed by atoms with Crippen molar-refractivity contribution in [3.63, 3.8) is 0 Å². The lowest BCUT2D eigenvalue weighted by molar-refractivity contribution is -0.116. The highest BCUT2D eigenvalue weighted by Crippen LogP contribution is 2.27. The molecule has 0 aliphatic rings. The molecule has 1 N–H and O–H groups in total. The smallest absolute Gasteiger partial charge is 0.253 e. The predicted octanol–water partition coefficient (Wildman–Crippen LogP) is 2.51. The quantitative estimate of drug-likeness (QED) is 0.607. The maximum atomic E-state index is 12.5. The van der Waals surface area contributed by atoms with Crippen LogP contribution in [0.1, 0.15) is 5.69 Å². The molecule has 1 aromatic carbocycles. The summed E-state index contributed by atoms with van der Waals surface area (Å²) in [4.78, 5) is 33.1. The van der Waals surface area contributed by atoms with Crippen molar-refractivity contribution < 1.29 is 4.79 Å². The number of nitrogens with one attached hydrogen (secondary N) is 1. The Morgan fingerprint density at radius 3 is 2.78 bits per heavy atom. The Bertz CT molecular complexity index is 1160. The molecular weight excluding hydrogens is 342 g/mol. The largest absolute Gasteiger partial charge is 0.324 e. The fourth-order valence-corrected chi connectivity index (χ4v) is 2.86. The lowest BCUT2D eigenvalue weighted by Gasteiger charge is -2.10. The third-order valence-electron chi connectivity index (χ3n) is 4.17. The van der Waals surface area contributed by atoms with E-state index in [0.717, 1.165) is 16.9 Å². The van der Waals surface area contributed by atoms with Gasteiger partial charge in [-0.05, 0) is 25.1 Å². The van der Waals surface area contributed by atoms with Gasteiger partial charge < -0.3 is 9.72 Å². The number of aromatic nitrogens is 4. The molecule has 0 saturated carbocycles. The second-order valence-electron chi connectivity index (χ2n) is 6.18.